The highest BCUT2D eigenvalue weighted by Crippen LogP contribution is 2.33. The van der Waals surface area contributed by atoms with Crippen LogP contribution in [0.3, 0.4) is 0 Å². The van der Waals surface area contributed by atoms with Gasteiger partial charge in [-0.3, -0.25) is 4.57 Å². The molecule has 2 fully saturated rings. The van der Waals surface area contributed by atoms with Gasteiger partial charge in [0.1, 0.15) is 11.4 Å². The number of anilines is 1. The van der Waals surface area contributed by atoms with Gasteiger partial charge in [0, 0.05) is 30.9 Å². The molecule has 1 aromatic heterocycles. The zero-order valence-electron chi connectivity index (χ0n) is 20.2. The molecule has 8 nitrogen and oxygen atoms in total. The second-order valence-corrected chi connectivity index (χ2v) is 10.5. The summed E-state index contributed by atoms with van der Waals surface area (Å²) in [6, 6.07) is 2.73. The number of amides is 1. The summed E-state index contributed by atoms with van der Waals surface area (Å²) in [6.07, 6.45) is 9.99. The molecule has 2 aliphatic rings. The minimum absolute atomic E-state index is 0.210. The third kappa shape index (κ3) is 6.95. The number of ether oxygens (including phenoxy) is 1. The molecule has 0 bridgehead atoms. The average molecular weight is 448 g/mol. The third-order valence-electron chi connectivity index (χ3n) is 6.89. The molecule has 1 amide bonds. The molecule has 0 aliphatic heterocycles. The molecule has 0 atom stereocenters. The maximum Gasteiger partial charge on any atom is 0.407 e. The topological polar surface area (TPSA) is 102 Å². The number of carbonyl (C=O) groups is 1. The van der Waals surface area contributed by atoms with E-state index in [-0.39, 0.29) is 29.7 Å². The number of hydrogen-bond acceptors (Lipinski definition) is 6. The van der Waals surface area contributed by atoms with Crippen LogP contribution in [-0.2, 0) is 4.74 Å². The normalized spacial score (nSPS) is 26.7. The lowest BCUT2D eigenvalue weighted by Crippen LogP contribution is -2.46. The van der Waals surface area contributed by atoms with Gasteiger partial charge in [-0.15, -0.1) is 0 Å². The van der Waals surface area contributed by atoms with E-state index in [4.69, 9.17) is 10.5 Å². The number of nitrogens with two attached hydrogens (primary N) is 1. The number of alkyl carbamates (subject to hydrolysis) is 1. The van der Waals surface area contributed by atoms with E-state index in [2.05, 4.69) is 22.1 Å². The highest BCUT2D eigenvalue weighted by Gasteiger charge is 2.30. The molecule has 2 saturated carbocycles. The van der Waals surface area contributed by atoms with Crippen molar-refractivity contribution in [2.75, 3.05) is 18.8 Å². The number of aromatic nitrogens is 2. The van der Waals surface area contributed by atoms with E-state index >= 15 is 0 Å². The number of hydrogen-bond donors (Lipinski definition) is 2. The van der Waals surface area contributed by atoms with Gasteiger partial charge < -0.3 is 20.7 Å². The van der Waals surface area contributed by atoms with Crippen LogP contribution in [0.1, 0.15) is 85.1 Å². The Labute approximate surface area is 191 Å². The number of nitrogen functional groups attached to an aromatic ring is 1. The van der Waals surface area contributed by atoms with Crippen LogP contribution in [0.5, 0.6) is 0 Å². The lowest BCUT2D eigenvalue weighted by Gasteiger charge is -2.39. The van der Waals surface area contributed by atoms with Crippen molar-refractivity contribution in [3.8, 4) is 0 Å². The summed E-state index contributed by atoms with van der Waals surface area (Å²) in [5.74, 6) is 0.954. The average Bonchev–Trinajstić information content (AvgIpc) is 2.72. The molecule has 1 heterocycles. The Morgan fingerprint density at radius 1 is 1.19 bits per heavy atom. The van der Waals surface area contributed by atoms with Crippen LogP contribution >= 0.6 is 0 Å². The van der Waals surface area contributed by atoms with E-state index < -0.39 is 5.60 Å². The van der Waals surface area contributed by atoms with Crippen LogP contribution in [0, 0.1) is 5.92 Å². The molecule has 0 unspecified atom stereocenters. The van der Waals surface area contributed by atoms with Crippen molar-refractivity contribution in [1.82, 2.24) is 19.8 Å². The maximum absolute atomic E-state index is 12.1. The Morgan fingerprint density at radius 3 is 2.41 bits per heavy atom. The summed E-state index contributed by atoms with van der Waals surface area (Å²) < 4.78 is 7.15. The van der Waals surface area contributed by atoms with Crippen LogP contribution in [-0.4, -0.2) is 51.3 Å². The summed E-state index contributed by atoms with van der Waals surface area (Å²) in [7, 11) is 0. The number of nitrogens with zero attached hydrogens (tertiary/aromatic N) is 3. The van der Waals surface area contributed by atoms with Crippen molar-refractivity contribution < 1.29 is 9.53 Å². The van der Waals surface area contributed by atoms with Crippen LogP contribution in [0.15, 0.2) is 17.1 Å². The zero-order chi connectivity index (χ0) is 23.3. The van der Waals surface area contributed by atoms with Crippen molar-refractivity contribution in [3.05, 3.63) is 22.7 Å². The minimum atomic E-state index is -0.461. The fraction of sp³-hybridized carbons (Fsp3) is 0.792. The molecular weight excluding hydrogens is 406 g/mol. The van der Waals surface area contributed by atoms with E-state index in [1.54, 1.807) is 16.8 Å². The third-order valence-corrected chi connectivity index (χ3v) is 6.89. The Bertz CT molecular complexity index is 803. The SMILES string of the molecule is CCN(CC1CCC(n2ccc(N)nc2=O)CC1)C1CCC(NC(=O)OC(C)(C)C)CC1. The monoisotopic (exact) mass is 447 g/mol. The predicted octanol–water partition coefficient (Wildman–Crippen LogP) is 3.71. The van der Waals surface area contributed by atoms with E-state index in [1.807, 2.05) is 20.8 Å². The fourth-order valence-corrected chi connectivity index (χ4v) is 5.24. The fourth-order valence-electron chi connectivity index (χ4n) is 5.24. The second kappa shape index (κ2) is 10.7. The maximum atomic E-state index is 12.1. The van der Waals surface area contributed by atoms with E-state index in [0.717, 1.165) is 64.5 Å². The number of carbonyl (C=O) groups excluding carboxylic acids is 1. The van der Waals surface area contributed by atoms with Crippen molar-refractivity contribution in [1.29, 1.82) is 0 Å². The van der Waals surface area contributed by atoms with Gasteiger partial charge in [-0.05, 0) is 90.7 Å². The lowest BCUT2D eigenvalue weighted by molar-refractivity contribution is 0.0471. The molecule has 0 saturated heterocycles. The van der Waals surface area contributed by atoms with Crippen molar-refractivity contribution in [2.45, 2.75) is 103 Å². The standard InChI is InChI=1S/C24H41N5O3/c1-5-28(19-12-8-18(9-13-19)26-23(31)32-24(2,3)4)16-17-6-10-20(11-7-17)29-15-14-21(25)27-22(29)30/h14-15,17-20H,5-13,16H2,1-4H3,(H,26,31)(H2,25,27,30). The smallest absolute Gasteiger partial charge is 0.407 e. The van der Waals surface area contributed by atoms with Gasteiger partial charge in [0.05, 0.1) is 0 Å². The molecule has 3 N–H and O–H groups in total. The lowest BCUT2D eigenvalue weighted by atomic mass is 9.84. The summed E-state index contributed by atoms with van der Waals surface area (Å²) in [6.45, 7) is 10.1. The van der Waals surface area contributed by atoms with Gasteiger partial charge in [-0.25, -0.2) is 9.59 Å². The molecule has 0 aromatic carbocycles. The van der Waals surface area contributed by atoms with Crippen LogP contribution < -0.4 is 16.7 Å². The van der Waals surface area contributed by atoms with E-state index in [1.165, 1.54) is 0 Å². The zero-order valence-corrected chi connectivity index (χ0v) is 20.2. The van der Waals surface area contributed by atoms with E-state index in [0.29, 0.717) is 12.0 Å². The first-order valence-corrected chi connectivity index (χ1v) is 12.2. The summed E-state index contributed by atoms with van der Waals surface area (Å²) in [5.41, 5.74) is 4.92. The van der Waals surface area contributed by atoms with Gasteiger partial charge in [0.15, 0.2) is 0 Å². The van der Waals surface area contributed by atoms with Gasteiger partial charge >= 0.3 is 11.8 Å². The van der Waals surface area contributed by atoms with Crippen molar-refractivity contribution >= 4 is 11.9 Å². The van der Waals surface area contributed by atoms with E-state index in [9.17, 15) is 9.59 Å². The van der Waals surface area contributed by atoms with Gasteiger partial charge in [0.25, 0.3) is 0 Å². The molecule has 32 heavy (non-hydrogen) atoms. The quantitative estimate of drug-likeness (QED) is 0.689. The molecule has 3 rings (SSSR count). The molecule has 1 aromatic rings. The first-order valence-electron chi connectivity index (χ1n) is 12.2. The summed E-state index contributed by atoms with van der Waals surface area (Å²) >= 11 is 0. The summed E-state index contributed by atoms with van der Waals surface area (Å²) in [4.78, 5) is 30.7. The van der Waals surface area contributed by atoms with Crippen LogP contribution in [0.2, 0.25) is 0 Å². The Kier molecular flexibility index (Phi) is 8.20. The molecular formula is C24H41N5O3. The molecule has 0 spiro atoms. The number of rotatable bonds is 6. The second-order valence-electron chi connectivity index (χ2n) is 10.5. The highest BCUT2D eigenvalue weighted by atomic mass is 16.6. The predicted molar refractivity (Wildman–Crippen MR) is 127 cm³/mol. The van der Waals surface area contributed by atoms with Gasteiger partial charge in [0.2, 0.25) is 0 Å². The molecule has 0 radical (unpaired) electrons. The first-order chi connectivity index (χ1) is 15.1. The molecule has 2 aliphatic carbocycles. The van der Waals surface area contributed by atoms with Crippen LogP contribution in [0.4, 0.5) is 10.6 Å². The van der Waals surface area contributed by atoms with Crippen molar-refractivity contribution in [3.63, 3.8) is 0 Å². The Balaban J connectivity index is 1.43. The van der Waals surface area contributed by atoms with Crippen molar-refractivity contribution in [2.24, 2.45) is 5.92 Å². The molecule has 180 valence electrons. The minimum Gasteiger partial charge on any atom is -0.444 e. The van der Waals surface area contributed by atoms with Crippen LogP contribution in [0.25, 0.3) is 0 Å². The van der Waals surface area contributed by atoms with Gasteiger partial charge in [-0.2, -0.15) is 4.98 Å². The van der Waals surface area contributed by atoms with Gasteiger partial charge in [-0.1, -0.05) is 6.92 Å². The highest BCUT2D eigenvalue weighted by molar-refractivity contribution is 5.68. The Hall–Kier alpha value is -2.09. The Morgan fingerprint density at radius 2 is 1.84 bits per heavy atom. The first kappa shape index (κ1) is 24.6. The largest absolute Gasteiger partial charge is 0.444 e. The molecule has 8 heteroatoms. The number of nitrogens with one attached hydrogen (secondary N) is 1. The summed E-state index contributed by atoms with van der Waals surface area (Å²) in [5, 5.41) is 3.04.